The minimum Gasteiger partial charge on any atom is -0.459 e. The number of nitrogen functional groups attached to an aromatic ring is 1. The van der Waals surface area contributed by atoms with E-state index in [1.54, 1.807) is 6.07 Å². The quantitative estimate of drug-likeness (QED) is 0.318. The van der Waals surface area contributed by atoms with Crippen molar-refractivity contribution in [1.29, 1.82) is 0 Å². The van der Waals surface area contributed by atoms with Crippen molar-refractivity contribution in [1.82, 2.24) is 20.6 Å². The Morgan fingerprint density at radius 2 is 2.53 bits per heavy atom. The molecule has 0 aliphatic rings. The van der Waals surface area contributed by atoms with Gasteiger partial charge in [-0.2, -0.15) is 0 Å². The Bertz CT molecular complexity index is 521. The monoisotopic (exact) mass is 253 g/mol. The third-order valence-electron chi connectivity index (χ3n) is 2.02. The van der Waals surface area contributed by atoms with Gasteiger partial charge in [0.25, 0.3) is 0 Å². The van der Waals surface area contributed by atoms with E-state index in [2.05, 4.69) is 15.2 Å². The van der Waals surface area contributed by atoms with Crippen LogP contribution in [0.5, 0.6) is 0 Å². The Balaban J connectivity index is 2.04. The lowest BCUT2D eigenvalue weighted by atomic mass is 10.3. The van der Waals surface area contributed by atoms with Gasteiger partial charge in [0.2, 0.25) is 5.16 Å². The lowest BCUT2D eigenvalue weighted by Crippen LogP contribution is -2.30. The fourth-order valence-corrected chi connectivity index (χ4v) is 2.07. The molecule has 0 spiro atoms. The van der Waals surface area contributed by atoms with Crippen molar-refractivity contribution < 1.29 is 9.21 Å². The third kappa shape index (κ3) is 2.66. The number of carbonyl (C=O) groups is 1. The Labute approximate surface area is 101 Å². The van der Waals surface area contributed by atoms with Gasteiger partial charge >= 0.3 is 5.91 Å². The predicted octanol–water partition coefficient (Wildman–Crippen LogP) is 0.602. The zero-order valence-electron chi connectivity index (χ0n) is 9.06. The second kappa shape index (κ2) is 5.02. The van der Waals surface area contributed by atoms with Crippen molar-refractivity contribution >= 4 is 17.7 Å². The molecular formula is C9H11N5O2S. The molecule has 0 saturated carbocycles. The number of aromatic amines is 1. The average Bonchev–Trinajstić information content (AvgIpc) is 2.94. The maximum atomic E-state index is 11.3. The van der Waals surface area contributed by atoms with Crippen molar-refractivity contribution in [2.45, 2.75) is 17.8 Å². The van der Waals surface area contributed by atoms with Crippen molar-refractivity contribution in [2.75, 3.05) is 0 Å². The smallest absolute Gasteiger partial charge is 0.301 e. The summed E-state index contributed by atoms with van der Waals surface area (Å²) in [7, 11) is 0. The van der Waals surface area contributed by atoms with E-state index in [0.29, 0.717) is 10.9 Å². The van der Waals surface area contributed by atoms with Crippen molar-refractivity contribution in [2.24, 2.45) is 5.84 Å². The molecule has 0 radical (unpaired) electrons. The molecule has 2 aromatic rings. The molecule has 1 amide bonds. The van der Waals surface area contributed by atoms with Gasteiger partial charge in [0.05, 0.1) is 6.26 Å². The number of nitrogens with zero attached hydrogens (tertiary/aromatic N) is 2. The highest BCUT2D eigenvalue weighted by molar-refractivity contribution is 7.98. The predicted molar refractivity (Wildman–Crippen MR) is 61.0 cm³/mol. The maximum absolute atomic E-state index is 11.3. The van der Waals surface area contributed by atoms with Crippen molar-refractivity contribution in [3.05, 3.63) is 29.5 Å². The summed E-state index contributed by atoms with van der Waals surface area (Å²) in [4.78, 5) is 15.5. The molecule has 0 saturated heterocycles. The standard InChI is InChI=1S/C9H11N5O2S/c1-5-11-9(14-13-5)17-4-6-2-3-16-7(6)8(15)12-10/h2-3H,4,10H2,1H3,(H,12,15)(H,11,13,14). The molecule has 7 nitrogen and oxygen atoms in total. The molecule has 0 unspecified atom stereocenters. The fraction of sp³-hybridized carbons (Fsp3) is 0.222. The first-order chi connectivity index (χ1) is 8.20. The van der Waals surface area contributed by atoms with Gasteiger partial charge in [-0.15, -0.1) is 5.10 Å². The topological polar surface area (TPSA) is 110 Å². The molecular weight excluding hydrogens is 242 g/mol. The average molecular weight is 253 g/mol. The molecule has 17 heavy (non-hydrogen) atoms. The van der Waals surface area contributed by atoms with Crippen LogP contribution in [-0.2, 0) is 5.75 Å². The molecule has 4 N–H and O–H groups in total. The van der Waals surface area contributed by atoms with Gasteiger partial charge in [-0.25, -0.2) is 10.8 Å². The molecule has 0 bridgehead atoms. The second-order valence-electron chi connectivity index (χ2n) is 3.24. The first-order valence-electron chi connectivity index (χ1n) is 4.80. The van der Waals surface area contributed by atoms with Crippen molar-refractivity contribution in [3.63, 3.8) is 0 Å². The van der Waals surface area contributed by atoms with Gasteiger partial charge in [-0.3, -0.25) is 15.3 Å². The van der Waals surface area contributed by atoms with Crippen LogP contribution in [0.4, 0.5) is 0 Å². The van der Waals surface area contributed by atoms with E-state index in [-0.39, 0.29) is 5.76 Å². The summed E-state index contributed by atoms with van der Waals surface area (Å²) >= 11 is 1.41. The molecule has 0 atom stereocenters. The summed E-state index contributed by atoms with van der Waals surface area (Å²) in [5, 5.41) is 7.35. The summed E-state index contributed by atoms with van der Waals surface area (Å²) in [6, 6.07) is 1.72. The van der Waals surface area contributed by atoms with Gasteiger partial charge in [-0.1, -0.05) is 11.8 Å². The number of carbonyl (C=O) groups excluding carboxylic acids is 1. The summed E-state index contributed by atoms with van der Waals surface area (Å²) in [6.45, 7) is 1.82. The molecule has 8 heteroatoms. The van der Waals surface area contributed by atoms with Crippen LogP contribution in [0.1, 0.15) is 21.9 Å². The van der Waals surface area contributed by atoms with Gasteiger partial charge < -0.3 is 4.42 Å². The SMILES string of the molecule is Cc1nc(SCc2ccoc2C(=O)NN)n[nH]1. The van der Waals surface area contributed by atoms with Crippen LogP contribution in [0.15, 0.2) is 21.9 Å². The highest BCUT2D eigenvalue weighted by atomic mass is 32.2. The second-order valence-corrected chi connectivity index (χ2v) is 4.18. The minimum atomic E-state index is -0.447. The summed E-state index contributed by atoms with van der Waals surface area (Å²) in [5.74, 6) is 6.10. The van der Waals surface area contributed by atoms with Crippen LogP contribution in [-0.4, -0.2) is 21.1 Å². The molecule has 0 fully saturated rings. The highest BCUT2D eigenvalue weighted by Gasteiger charge is 2.14. The van der Waals surface area contributed by atoms with E-state index in [9.17, 15) is 4.79 Å². The van der Waals surface area contributed by atoms with Crippen LogP contribution in [0, 0.1) is 6.92 Å². The largest absolute Gasteiger partial charge is 0.459 e. The Morgan fingerprint density at radius 3 is 3.18 bits per heavy atom. The van der Waals surface area contributed by atoms with E-state index < -0.39 is 5.91 Å². The van der Waals surface area contributed by atoms with E-state index in [1.807, 2.05) is 12.3 Å². The number of aryl methyl sites for hydroxylation is 1. The van der Waals surface area contributed by atoms with E-state index >= 15 is 0 Å². The van der Waals surface area contributed by atoms with E-state index in [1.165, 1.54) is 18.0 Å². The molecule has 90 valence electrons. The van der Waals surface area contributed by atoms with Crippen LogP contribution in [0.25, 0.3) is 0 Å². The molecule has 2 rings (SSSR count). The summed E-state index contributed by atoms with van der Waals surface area (Å²) in [5.41, 5.74) is 2.78. The van der Waals surface area contributed by atoms with Crippen LogP contribution in [0.2, 0.25) is 0 Å². The lowest BCUT2D eigenvalue weighted by Gasteiger charge is -1.99. The van der Waals surface area contributed by atoms with E-state index in [0.717, 1.165) is 11.4 Å². The molecule has 0 aliphatic carbocycles. The Hall–Kier alpha value is -1.80. The number of nitrogens with one attached hydrogen (secondary N) is 2. The molecule has 0 aromatic carbocycles. The van der Waals surface area contributed by atoms with Gasteiger partial charge in [0.1, 0.15) is 5.82 Å². The number of hydrogen-bond donors (Lipinski definition) is 3. The van der Waals surface area contributed by atoms with Gasteiger partial charge in [0, 0.05) is 11.3 Å². The minimum absolute atomic E-state index is 0.215. The van der Waals surface area contributed by atoms with Crippen molar-refractivity contribution in [3.8, 4) is 0 Å². The number of aromatic nitrogens is 3. The van der Waals surface area contributed by atoms with Gasteiger partial charge in [-0.05, 0) is 13.0 Å². The number of H-pyrrole nitrogens is 1. The Morgan fingerprint density at radius 1 is 1.71 bits per heavy atom. The summed E-state index contributed by atoms with van der Waals surface area (Å²) in [6.07, 6.45) is 1.45. The Kier molecular flexibility index (Phi) is 3.45. The number of furan rings is 1. The number of hydrazine groups is 1. The summed E-state index contributed by atoms with van der Waals surface area (Å²) < 4.78 is 5.06. The zero-order valence-corrected chi connectivity index (χ0v) is 9.87. The highest BCUT2D eigenvalue weighted by Crippen LogP contribution is 2.22. The normalized spacial score (nSPS) is 10.5. The van der Waals surface area contributed by atoms with Crippen LogP contribution >= 0.6 is 11.8 Å². The number of rotatable bonds is 4. The van der Waals surface area contributed by atoms with Crippen LogP contribution in [0.3, 0.4) is 0 Å². The number of hydrogen-bond acceptors (Lipinski definition) is 6. The van der Waals surface area contributed by atoms with E-state index in [4.69, 9.17) is 10.3 Å². The fourth-order valence-electron chi connectivity index (χ4n) is 1.24. The lowest BCUT2D eigenvalue weighted by molar-refractivity contribution is 0.0925. The third-order valence-corrected chi connectivity index (χ3v) is 2.91. The zero-order chi connectivity index (χ0) is 12.3. The maximum Gasteiger partial charge on any atom is 0.301 e. The number of amides is 1. The van der Waals surface area contributed by atoms with Gasteiger partial charge in [0.15, 0.2) is 5.76 Å². The number of nitrogens with two attached hydrogens (primary N) is 1. The first kappa shape index (κ1) is 11.7. The number of thioether (sulfide) groups is 1. The first-order valence-corrected chi connectivity index (χ1v) is 5.78. The molecule has 2 aromatic heterocycles. The van der Waals surface area contributed by atoms with Crippen LogP contribution < -0.4 is 11.3 Å². The molecule has 2 heterocycles. The molecule has 0 aliphatic heterocycles.